The van der Waals surface area contributed by atoms with E-state index in [2.05, 4.69) is 5.32 Å². The second kappa shape index (κ2) is 6.03. The van der Waals surface area contributed by atoms with Gasteiger partial charge in [-0.2, -0.15) is 11.3 Å². The molecule has 8 heteroatoms. The van der Waals surface area contributed by atoms with Crippen LogP contribution in [-0.4, -0.2) is 31.7 Å². The first-order chi connectivity index (χ1) is 11.3. The van der Waals surface area contributed by atoms with E-state index in [1.807, 2.05) is 16.8 Å². The molecule has 0 saturated heterocycles. The predicted octanol–water partition coefficient (Wildman–Crippen LogP) is 2.59. The molecule has 1 aromatic heterocycles. The maximum atomic E-state index is 12.3. The molecular formula is C16H15NO5S2. The third-order valence-electron chi connectivity index (χ3n) is 3.95. The van der Waals surface area contributed by atoms with Gasteiger partial charge in [-0.3, -0.25) is 4.79 Å². The summed E-state index contributed by atoms with van der Waals surface area (Å²) in [6.07, 6.45) is 1.73. The molecule has 24 heavy (non-hydrogen) atoms. The van der Waals surface area contributed by atoms with E-state index in [1.54, 1.807) is 11.3 Å². The van der Waals surface area contributed by atoms with Crippen LogP contribution in [0.15, 0.2) is 39.9 Å². The average Bonchev–Trinajstić information content (AvgIpc) is 3.12. The molecule has 6 nitrogen and oxygen atoms in total. The summed E-state index contributed by atoms with van der Waals surface area (Å²) in [6.45, 7) is 0. The molecule has 2 atom stereocenters. The molecule has 1 amide bonds. The van der Waals surface area contributed by atoms with E-state index in [0.717, 1.165) is 24.3 Å². The van der Waals surface area contributed by atoms with Crippen molar-refractivity contribution >= 4 is 38.7 Å². The predicted molar refractivity (Wildman–Crippen MR) is 90.3 cm³/mol. The minimum absolute atomic E-state index is 0.136. The molecule has 1 aliphatic rings. The van der Waals surface area contributed by atoms with Gasteiger partial charge in [-0.1, -0.05) is 0 Å². The Labute approximate surface area is 143 Å². The van der Waals surface area contributed by atoms with Gasteiger partial charge in [0.15, 0.2) is 9.84 Å². The van der Waals surface area contributed by atoms with Gasteiger partial charge < -0.3 is 10.4 Å². The fourth-order valence-electron chi connectivity index (χ4n) is 2.58. The van der Waals surface area contributed by atoms with Crippen LogP contribution in [-0.2, 0) is 14.6 Å². The molecule has 0 aliphatic heterocycles. The van der Waals surface area contributed by atoms with Crippen molar-refractivity contribution in [3.05, 3.63) is 46.2 Å². The molecule has 2 N–H and O–H groups in total. The first-order valence-electron chi connectivity index (χ1n) is 7.17. The highest BCUT2D eigenvalue weighted by atomic mass is 32.2. The van der Waals surface area contributed by atoms with E-state index in [-0.39, 0.29) is 33.9 Å². The Hall–Kier alpha value is -2.19. The number of nitrogens with one attached hydrogen (secondary N) is 1. The molecule has 3 rings (SSSR count). The van der Waals surface area contributed by atoms with Crippen LogP contribution < -0.4 is 5.32 Å². The SMILES string of the molecule is CS(=O)(=O)c1cc(NC(=O)[C@@H]2C[C@H]2c2ccsc2)cc(C(=O)O)c1. The zero-order valence-corrected chi connectivity index (χ0v) is 14.4. The summed E-state index contributed by atoms with van der Waals surface area (Å²) in [5.74, 6) is -1.48. The first kappa shape index (κ1) is 16.7. The van der Waals surface area contributed by atoms with Crippen molar-refractivity contribution in [2.75, 3.05) is 11.6 Å². The molecule has 1 aromatic carbocycles. The molecule has 0 radical (unpaired) electrons. The van der Waals surface area contributed by atoms with Crippen molar-refractivity contribution in [3.8, 4) is 0 Å². The Morgan fingerprint density at radius 2 is 2.04 bits per heavy atom. The first-order valence-corrected chi connectivity index (χ1v) is 10.0. The molecule has 0 bridgehead atoms. The molecule has 1 aliphatic carbocycles. The Morgan fingerprint density at radius 3 is 2.62 bits per heavy atom. The lowest BCUT2D eigenvalue weighted by Crippen LogP contribution is -2.15. The largest absolute Gasteiger partial charge is 0.478 e. The van der Waals surface area contributed by atoms with E-state index < -0.39 is 15.8 Å². The summed E-state index contributed by atoms with van der Waals surface area (Å²) >= 11 is 1.57. The fraction of sp³-hybridized carbons (Fsp3) is 0.250. The van der Waals surface area contributed by atoms with Gasteiger partial charge in [-0.15, -0.1) is 0 Å². The van der Waals surface area contributed by atoms with Crippen LogP contribution in [0.2, 0.25) is 0 Å². The fourth-order valence-corrected chi connectivity index (χ4v) is 3.99. The third kappa shape index (κ3) is 3.49. The highest BCUT2D eigenvalue weighted by Crippen LogP contribution is 2.48. The average molecular weight is 365 g/mol. The minimum Gasteiger partial charge on any atom is -0.478 e. The summed E-state index contributed by atoms with van der Waals surface area (Å²) in [7, 11) is -3.58. The number of anilines is 1. The van der Waals surface area contributed by atoms with E-state index in [4.69, 9.17) is 5.11 Å². The van der Waals surface area contributed by atoms with Crippen molar-refractivity contribution in [1.82, 2.24) is 0 Å². The number of hydrogen-bond donors (Lipinski definition) is 2. The maximum absolute atomic E-state index is 12.3. The summed E-state index contributed by atoms with van der Waals surface area (Å²) in [5, 5.41) is 15.7. The number of rotatable bonds is 5. The Kier molecular flexibility index (Phi) is 4.18. The number of aromatic carboxylic acids is 1. The zero-order chi connectivity index (χ0) is 17.5. The Bertz CT molecular complexity index is 903. The quantitative estimate of drug-likeness (QED) is 0.848. The number of hydrogen-bond acceptors (Lipinski definition) is 5. The smallest absolute Gasteiger partial charge is 0.335 e. The van der Waals surface area contributed by atoms with Crippen molar-refractivity contribution < 1.29 is 23.1 Å². The molecule has 2 aromatic rings. The molecule has 1 heterocycles. The standard InChI is InChI=1S/C16H15NO5S2/c1-24(21,22)12-5-10(16(19)20)4-11(6-12)17-15(18)14-7-13(14)9-2-3-23-8-9/h2-6,8,13-14H,7H2,1H3,(H,17,18)(H,19,20)/t13-,14+/m0/s1. The van der Waals surface area contributed by atoms with Gasteiger partial charge in [0.1, 0.15) is 0 Å². The molecule has 1 fully saturated rings. The number of carboxylic acid groups (broad SMARTS) is 1. The summed E-state index contributed by atoms with van der Waals surface area (Å²) in [4.78, 5) is 23.3. The second-order valence-corrected chi connectivity index (χ2v) is 8.61. The molecule has 126 valence electrons. The van der Waals surface area contributed by atoms with Crippen LogP contribution in [0.3, 0.4) is 0 Å². The van der Waals surface area contributed by atoms with Crippen LogP contribution in [0.4, 0.5) is 5.69 Å². The summed E-state index contributed by atoms with van der Waals surface area (Å²) in [5.41, 5.74) is 1.12. The van der Waals surface area contributed by atoms with Gasteiger partial charge in [-0.05, 0) is 52.9 Å². The number of sulfone groups is 1. The van der Waals surface area contributed by atoms with Crippen molar-refractivity contribution in [2.24, 2.45) is 5.92 Å². The van der Waals surface area contributed by atoms with Gasteiger partial charge >= 0.3 is 5.97 Å². The van der Waals surface area contributed by atoms with Gasteiger partial charge in [0.2, 0.25) is 5.91 Å². The Morgan fingerprint density at radius 1 is 1.29 bits per heavy atom. The van der Waals surface area contributed by atoms with Gasteiger partial charge in [0.05, 0.1) is 10.5 Å². The topological polar surface area (TPSA) is 101 Å². The lowest BCUT2D eigenvalue weighted by Gasteiger charge is -2.08. The lowest BCUT2D eigenvalue weighted by molar-refractivity contribution is -0.117. The third-order valence-corrected chi connectivity index (χ3v) is 5.74. The lowest BCUT2D eigenvalue weighted by atomic mass is 10.1. The molecular weight excluding hydrogens is 350 g/mol. The minimum atomic E-state index is -3.58. The van der Waals surface area contributed by atoms with Crippen molar-refractivity contribution in [2.45, 2.75) is 17.2 Å². The van der Waals surface area contributed by atoms with E-state index in [0.29, 0.717) is 0 Å². The van der Waals surface area contributed by atoms with E-state index in [1.165, 1.54) is 12.1 Å². The van der Waals surface area contributed by atoms with E-state index >= 15 is 0 Å². The number of thiophene rings is 1. The molecule has 1 saturated carbocycles. The highest BCUT2D eigenvalue weighted by Gasteiger charge is 2.44. The number of carboxylic acids is 1. The van der Waals surface area contributed by atoms with Crippen molar-refractivity contribution in [1.29, 1.82) is 0 Å². The summed E-state index contributed by atoms with van der Waals surface area (Å²) in [6, 6.07) is 5.60. The highest BCUT2D eigenvalue weighted by molar-refractivity contribution is 7.90. The second-order valence-electron chi connectivity index (χ2n) is 5.82. The van der Waals surface area contributed by atoms with Crippen LogP contribution in [0.1, 0.15) is 28.3 Å². The van der Waals surface area contributed by atoms with Crippen LogP contribution in [0.25, 0.3) is 0 Å². The number of benzene rings is 1. The number of carbonyl (C=O) groups excluding carboxylic acids is 1. The van der Waals surface area contributed by atoms with Gasteiger partial charge in [-0.25, -0.2) is 13.2 Å². The zero-order valence-electron chi connectivity index (χ0n) is 12.7. The van der Waals surface area contributed by atoms with Crippen molar-refractivity contribution in [3.63, 3.8) is 0 Å². The van der Waals surface area contributed by atoms with Gasteiger partial charge in [0, 0.05) is 17.9 Å². The van der Waals surface area contributed by atoms with E-state index in [9.17, 15) is 18.0 Å². The van der Waals surface area contributed by atoms with Gasteiger partial charge in [0.25, 0.3) is 0 Å². The maximum Gasteiger partial charge on any atom is 0.335 e. The molecule has 0 spiro atoms. The molecule has 0 unspecified atom stereocenters. The number of carbonyl (C=O) groups is 2. The Balaban J connectivity index is 1.81. The van der Waals surface area contributed by atoms with Crippen LogP contribution in [0.5, 0.6) is 0 Å². The van der Waals surface area contributed by atoms with Crippen LogP contribution >= 0.6 is 11.3 Å². The number of amides is 1. The summed E-state index contributed by atoms with van der Waals surface area (Å²) < 4.78 is 23.4. The normalized spacial score (nSPS) is 19.7. The monoisotopic (exact) mass is 365 g/mol. The van der Waals surface area contributed by atoms with Crippen LogP contribution in [0, 0.1) is 5.92 Å².